The minimum atomic E-state index is 0.0520. The molecule has 1 aromatic rings. The minimum absolute atomic E-state index is 0.0520. The van der Waals surface area contributed by atoms with Crippen molar-refractivity contribution in [3.63, 3.8) is 0 Å². The van der Waals surface area contributed by atoms with Gasteiger partial charge in [0, 0.05) is 25.9 Å². The number of carbonyl (C=O) groups excluding carboxylic acids is 1. The van der Waals surface area contributed by atoms with Crippen LogP contribution < -0.4 is 5.32 Å². The minimum Gasteiger partial charge on any atom is -0.375 e. The van der Waals surface area contributed by atoms with Gasteiger partial charge in [-0.05, 0) is 17.0 Å². The number of ketones is 1. The van der Waals surface area contributed by atoms with Crippen LogP contribution in [0.5, 0.6) is 0 Å². The molecular formula is C16H23NO2. The SMILES string of the molecule is CC(C)c1ccc(CC(=O)CC2CNCCO2)cc1. The molecule has 0 amide bonds. The molecule has 1 heterocycles. The molecule has 0 bridgehead atoms. The summed E-state index contributed by atoms with van der Waals surface area (Å²) in [5, 5.41) is 3.25. The number of rotatable bonds is 5. The van der Waals surface area contributed by atoms with Crippen LogP contribution in [-0.4, -0.2) is 31.6 Å². The maximum atomic E-state index is 12.0. The molecule has 1 saturated heterocycles. The molecule has 1 unspecified atom stereocenters. The van der Waals surface area contributed by atoms with E-state index in [9.17, 15) is 4.79 Å². The molecule has 0 spiro atoms. The molecule has 1 aliphatic heterocycles. The van der Waals surface area contributed by atoms with Gasteiger partial charge in [0.2, 0.25) is 0 Å². The quantitative estimate of drug-likeness (QED) is 0.884. The summed E-state index contributed by atoms with van der Waals surface area (Å²) < 4.78 is 5.55. The van der Waals surface area contributed by atoms with Gasteiger partial charge in [0.05, 0.1) is 12.7 Å². The fourth-order valence-electron chi connectivity index (χ4n) is 2.32. The molecule has 0 aliphatic carbocycles. The predicted molar refractivity (Wildman–Crippen MR) is 76.5 cm³/mol. The Morgan fingerprint density at radius 2 is 2.11 bits per heavy atom. The zero-order chi connectivity index (χ0) is 13.7. The van der Waals surface area contributed by atoms with Crippen LogP contribution in [-0.2, 0) is 16.0 Å². The average Bonchev–Trinajstić information content (AvgIpc) is 2.40. The van der Waals surface area contributed by atoms with E-state index in [4.69, 9.17) is 4.74 Å². The highest BCUT2D eigenvalue weighted by Crippen LogP contribution is 2.15. The van der Waals surface area contributed by atoms with Gasteiger partial charge >= 0.3 is 0 Å². The Morgan fingerprint density at radius 1 is 1.37 bits per heavy atom. The Labute approximate surface area is 115 Å². The van der Waals surface area contributed by atoms with Crippen LogP contribution in [0, 0.1) is 0 Å². The fraction of sp³-hybridized carbons (Fsp3) is 0.562. The Morgan fingerprint density at radius 3 is 2.68 bits per heavy atom. The Balaban J connectivity index is 1.84. The fourth-order valence-corrected chi connectivity index (χ4v) is 2.32. The van der Waals surface area contributed by atoms with E-state index in [1.54, 1.807) is 0 Å². The second-order valence-electron chi connectivity index (χ2n) is 5.51. The topological polar surface area (TPSA) is 38.3 Å². The number of benzene rings is 1. The molecule has 0 radical (unpaired) electrons. The first-order valence-electron chi connectivity index (χ1n) is 7.08. The molecule has 19 heavy (non-hydrogen) atoms. The van der Waals surface area contributed by atoms with Crippen molar-refractivity contribution in [3.8, 4) is 0 Å². The lowest BCUT2D eigenvalue weighted by atomic mass is 9.99. The molecule has 1 aromatic carbocycles. The van der Waals surface area contributed by atoms with Crippen LogP contribution in [0.4, 0.5) is 0 Å². The van der Waals surface area contributed by atoms with Crippen molar-refractivity contribution in [1.82, 2.24) is 5.32 Å². The molecule has 1 atom stereocenters. The van der Waals surface area contributed by atoms with Crippen molar-refractivity contribution < 1.29 is 9.53 Å². The van der Waals surface area contributed by atoms with Crippen molar-refractivity contribution in [2.75, 3.05) is 19.7 Å². The molecule has 3 heteroatoms. The van der Waals surface area contributed by atoms with Gasteiger partial charge in [-0.3, -0.25) is 4.79 Å². The first-order valence-corrected chi connectivity index (χ1v) is 7.08. The van der Waals surface area contributed by atoms with E-state index >= 15 is 0 Å². The van der Waals surface area contributed by atoms with Crippen LogP contribution in [0.15, 0.2) is 24.3 Å². The summed E-state index contributed by atoms with van der Waals surface area (Å²) >= 11 is 0. The standard InChI is InChI=1S/C16H23NO2/c1-12(2)14-5-3-13(4-6-14)9-15(18)10-16-11-17-7-8-19-16/h3-6,12,16-17H,7-11H2,1-2H3. The highest BCUT2D eigenvalue weighted by Gasteiger charge is 2.17. The normalized spacial score (nSPS) is 19.6. The molecule has 2 rings (SSSR count). The summed E-state index contributed by atoms with van der Waals surface area (Å²) in [4.78, 5) is 12.0. The predicted octanol–water partition coefficient (Wildman–Crippen LogP) is 2.30. The van der Waals surface area contributed by atoms with Gasteiger partial charge < -0.3 is 10.1 Å². The maximum absolute atomic E-state index is 12.0. The van der Waals surface area contributed by atoms with Gasteiger partial charge in [0.25, 0.3) is 0 Å². The molecule has 1 aliphatic rings. The van der Waals surface area contributed by atoms with E-state index in [-0.39, 0.29) is 11.9 Å². The van der Waals surface area contributed by atoms with E-state index in [1.165, 1.54) is 5.56 Å². The van der Waals surface area contributed by atoms with Crippen LogP contribution in [0.2, 0.25) is 0 Å². The number of nitrogens with one attached hydrogen (secondary N) is 1. The van der Waals surface area contributed by atoms with Gasteiger partial charge in [0.1, 0.15) is 5.78 Å². The summed E-state index contributed by atoms with van der Waals surface area (Å²) in [6, 6.07) is 8.36. The third-order valence-corrected chi connectivity index (χ3v) is 3.51. The zero-order valence-electron chi connectivity index (χ0n) is 11.8. The smallest absolute Gasteiger partial charge is 0.139 e. The summed E-state index contributed by atoms with van der Waals surface area (Å²) in [5.41, 5.74) is 2.41. The van der Waals surface area contributed by atoms with Crippen LogP contribution in [0.25, 0.3) is 0 Å². The third-order valence-electron chi connectivity index (χ3n) is 3.51. The van der Waals surface area contributed by atoms with Gasteiger partial charge in [-0.15, -0.1) is 0 Å². The lowest BCUT2D eigenvalue weighted by molar-refractivity contribution is -0.121. The lowest BCUT2D eigenvalue weighted by Gasteiger charge is -2.22. The second-order valence-corrected chi connectivity index (χ2v) is 5.51. The summed E-state index contributed by atoms with van der Waals surface area (Å²) in [6.45, 7) is 6.74. The molecule has 3 nitrogen and oxygen atoms in total. The Kier molecular flexibility index (Phi) is 5.11. The lowest BCUT2D eigenvalue weighted by Crippen LogP contribution is -2.39. The molecular weight excluding hydrogens is 238 g/mol. The molecule has 1 N–H and O–H groups in total. The third kappa shape index (κ3) is 4.44. The van der Waals surface area contributed by atoms with Crippen molar-refractivity contribution in [3.05, 3.63) is 35.4 Å². The monoisotopic (exact) mass is 261 g/mol. The van der Waals surface area contributed by atoms with Crippen LogP contribution in [0.1, 0.15) is 37.3 Å². The van der Waals surface area contributed by atoms with E-state index < -0.39 is 0 Å². The van der Waals surface area contributed by atoms with Crippen molar-refractivity contribution in [2.45, 2.75) is 38.7 Å². The number of hydrogen-bond donors (Lipinski definition) is 1. The van der Waals surface area contributed by atoms with Gasteiger partial charge in [-0.25, -0.2) is 0 Å². The molecule has 0 saturated carbocycles. The number of ether oxygens (including phenoxy) is 1. The van der Waals surface area contributed by atoms with Gasteiger partial charge in [0.15, 0.2) is 0 Å². The van der Waals surface area contributed by atoms with Crippen molar-refractivity contribution in [2.24, 2.45) is 0 Å². The first-order chi connectivity index (χ1) is 9.15. The Bertz CT molecular complexity index is 405. The number of carbonyl (C=O) groups is 1. The van der Waals surface area contributed by atoms with Crippen LogP contribution >= 0.6 is 0 Å². The zero-order valence-corrected chi connectivity index (χ0v) is 11.8. The largest absolute Gasteiger partial charge is 0.375 e. The van der Waals surface area contributed by atoms with Gasteiger partial charge in [-0.1, -0.05) is 38.1 Å². The summed E-state index contributed by atoms with van der Waals surface area (Å²) in [5.74, 6) is 0.789. The van der Waals surface area contributed by atoms with Crippen LogP contribution in [0.3, 0.4) is 0 Å². The van der Waals surface area contributed by atoms with Gasteiger partial charge in [-0.2, -0.15) is 0 Å². The van der Waals surface area contributed by atoms with E-state index in [0.717, 1.165) is 18.7 Å². The highest BCUT2D eigenvalue weighted by molar-refractivity contribution is 5.81. The Hall–Kier alpha value is -1.19. The maximum Gasteiger partial charge on any atom is 0.139 e. The highest BCUT2D eigenvalue weighted by atomic mass is 16.5. The molecule has 1 fully saturated rings. The number of morpholine rings is 1. The molecule has 0 aromatic heterocycles. The number of Topliss-reactive ketones (excluding diaryl/α,β-unsaturated/α-hetero) is 1. The number of hydrogen-bond acceptors (Lipinski definition) is 3. The molecule has 104 valence electrons. The second kappa shape index (κ2) is 6.83. The van der Waals surface area contributed by atoms with Crippen molar-refractivity contribution in [1.29, 1.82) is 0 Å². The van der Waals surface area contributed by atoms with E-state index in [1.807, 2.05) is 0 Å². The van der Waals surface area contributed by atoms with E-state index in [2.05, 4.69) is 43.4 Å². The van der Waals surface area contributed by atoms with Crippen molar-refractivity contribution >= 4 is 5.78 Å². The summed E-state index contributed by atoms with van der Waals surface area (Å²) in [7, 11) is 0. The average molecular weight is 261 g/mol. The van der Waals surface area contributed by atoms with E-state index in [0.29, 0.717) is 25.4 Å². The first kappa shape index (κ1) is 14.2. The summed E-state index contributed by atoms with van der Waals surface area (Å²) in [6.07, 6.45) is 1.08.